The van der Waals surface area contributed by atoms with Crippen molar-refractivity contribution >= 4 is 74.9 Å². The van der Waals surface area contributed by atoms with Crippen molar-refractivity contribution < 1.29 is 23.9 Å². The van der Waals surface area contributed by atoms with Gasteiger partial charge in [0.2, 0.25) is 5.91 Å². The zero-order valence-corrected chi connectivity index (χ0v) is 31.1. The van der Waals surface area contributed by atoms with Crippen LogP contribution in [0.25, 0.3) is 6.08 Å². The molecule has 0 aliphatic heterocycles. The number of amides is 3. The monoisotopic (exact) mass is 749 g/mol. The number of carbonyl (C=O) groups is 4. The highest BCUT2D eigenvalue weighted by atomic mass is 32.2. The molecular formula is C41H39N3O5S3. The summed E-state index contributed by atoms with van der Waals surface area (Å²) in [6.45, 7) is 2.03. The topological polar surface area (TPSA) is 114 Å². The molecule has 8 nitrogen and oxygen atoms in total. The summed E-state index contributed by atoms with van der Waals surface area (Å²) in [5, 5.41) is 10.6. The summed E-state index contributed by atoms with van der Waals surface area (Å²) in [6, 6.07) is 29.2. The summed E-state index contributed by atoms with van der Waals surface area (Å²) < 4.78 is 5.47. The van der Waals surface area contributed by atoms with Gasteiger partial charge >= 0.3 is 5.97 Å². The summed E-state index contributed by atoms with van der Waals surface area (Å²) in [6.07, 6.45) is 7.59. The van der Waals surface area contributed by atoms with E-state index in [0.29, 0.717) is 21.8 Å². The normalized spacial score (nSPS) is 13.5. The van der Waals surface area contributed by atoms with E-state index < -0.39 is 23.0 Å². The summed E-state index contributed by atoms with van der Waals surface area (Å²) in [5.41, 5.74) is 3.29. The number of aryl methyl sites for hydroxylation is 1. The second kappa shape index (κ2) is 18.0. The number of nitrogens with one attached hydrogen (secondary N) is 3. The largest absolute Gasteiger partial charge is 0.462 e. The van der Waals surface area contributed by atoms with E-state index in [1.807, 2.05) is 60.0 Å². The Bertz CT molecular complexity index is 2040. The molecule has 1 aliphatic rings. The van der Waals surface area contributed by atoms with Crippen molar-refractivity contribution in [3.05, 3.63) is 140 Å². The summed E-state index contributed by atoms with van der Waals surface area (Å²) in [4.78, 5) is 56.8. The van der Waals surface area contributed by atoms with Gasteiger partial charge in [-0.3, -0.25) is 14.4 Å². The van der Waals surface area contributed by atoms with Gasteiger partial charge in [-0.25, -0.2) is 4.79 Å². The van der Waals surface area contributed by atoms with Crippen LogP contribution < -0.4 is 16.0 Å². The highest BCUT2D eigenvalue weighted by Crippen LogP contribution is 2.41. The van der Waals surface area contributed by atoms with Crippen LogP contribution in [0.2, 0.25) is 0 Å². The minimum Gasteiger partial charge on any atom is -0.462 e. The van der Waals surface area contributed by atoms with E-state index in [9.17, 15) is 19.2 Å². The Labute approximate surface area is 315 Å². The number of hydrogen-bond acceptors (Lipinski definition) is 8. The Morgan fingerprint density at radius 1 is 0.846 bits per heavy atom. The molecule has 266 valence electrons. The van der Waals surface area contributed by atoms with Gasteiger partial charge in [0.15, 0.2) is 0 Å². The molecule has 3 amide bonds. The maximum Gasteiger partial charge on any atom is 0.341 e. The van der Waals surface area contributed by atoms with Gasteiger partial charge in [0.05, 0.1) is 12.2 Å². The molecule has 6 rings (SSSR count). The van der Waals surface area contributed by atoms with Crippen LogP contribution in [0.3, 0.4) is 0 Å². The van der Waals surface area contributed by atoms with E-state index in [0.717, 1.165) is 64.3 Å². The zero-order valence-electron chi connectivity index (χ0n) is 28.7. The summed E-state index contributed by atoms with van der Waals surface area (Å²) >= 11 is 4.27. The number of hydrogen-bond donors (Lipinski definition) is 3. The third-order valence-electron chi connectivity index (χ3n) is 8.43. The molecule has 52 heavy (non-hydrogen) atoms. The van der Waals surface area contributed by atoms with E-state index in [1.54, 1.807) is 55.5 Å². The first-order chi connectivity index (χ1) is 25.4. The Morgan fingerprint density at radius 3 is 2.33 bits per heavy atom. The number of rotatable bonds is 12. The lowest BCUT2D eigenvalue weighted by Gasteiger charge is -2.18. The molecule has 2 heterocycles. The number of anilines is 2. The third-order valence-corrected chi connectivity index (χ3v) is 11.7. The van der Waals surface area contributed by atoms with Gasteiger partial charge in [-0.15, -0.1) is 34.4 Å². The fraction of sp³-hybridized carbons (Fsp3) is 0.220. The number of ether oxygens (including phenoxy) is 1. The predicted molar refractivity (Wildman–Crippen MR) is 211 cm³/mol. The summed E-state index contributed by atoms with van der Waals surface area (Å²) in [5.74, 6) is -1.56. The van der Waals surface area contributed by atoms with Crippen molar-refractivity contribution in [1.82, 2.24) is 5.32 Å². The minimum absolute atomic E-state index is 0.0957. The lowest BCUT2D eigenvalue weighted by molar-refractivity contribution is -0.116. The lowest BCUT2D eigenvalue weighted by atomic mass is 9.96. The first-order valence-corrected chi connectivity index (χ1v) is 19.8. The molecule has 0 saturated heterocycles. The van der Waals surface area contributed by atoms with Crippen LogP contribution in [-0.2, 0) is 27.2 Å². The van der Waals surface area contributed by atoms with Gasteiger partial charge in [-0.05, 0) is 91.6 Å². The Balaban J connectivity index is 1.24. The highest BCUT2D eigenvalue weighted by Gasteiger charge is 2.29. The number of thiophene rings is 2. The van der Waals surface area contributed by atoms with Crippen LogP contribution in [0.4, 0.5) is 10.7 Å². The van der Waals surface area contributed by atoms with Crippen molar-refractivity contribution in [3.63, 3.8) is 0 Å². The van der Waals surface area contributed by atoms with Crippen molar-refractivity contribution in [1.29, 1.82) is 0 Å². The number of benzene rings is 3. The van der Waals surface area contributed by atoms with Crippen molar-refractivity contribution in [2.75, 3.05) is 17.2 Å². The third kappa shape index (κ3) is 9.47. The number of esters is 1. The molecule has 2 aromatic heterocycles. The molecule has 1 aliphatic carbocycles. The van der Waals surface area contributed by atoms with Crippen LogP contribution in [0, 0.1) is 0 Å². The Kier molecular flexibility index (Phi) is 12.7. The van der Waals surface area contributed by atoms with Crippen molar-refractivity contribution in [2.24, 2.45) is 0 Å². The van der Waals surface area contributed by atoms with Gasteiger partial charge < -0.3 is 20.7 Å². The van der Waals surface area contributed by atoms with Crippen LogP contribution in [-0.4, -0.2) is 30.3 Å². The quantitative estimate of drug-likeness (QED) is 0.0666. The first kappa shape index (κ1) is 36.8. The van der Waals surface area contributed by atoms with Gasteiger partial charge in [-0.2, -0.15) is 0 Å². The number of fused-ring (bicyclic) bond motifs is 1. The number of thioether (sulfide) groups is 1. The maximum absolute atomic E-state index is 14.2. The Morgan fingerprint density at radius 2 is 1.60 bits per heavy atom. The zero-order chi connectivity index (χ0) is 36.3. The van der Waals surface area contributed by atoms with Crippen LogP contribution in [0.5, 0.6) is 0 Å². The fourth-order valence-corrected chi connectivity index (χ4v) is 8.97. The smallest absolute Gasteiger partial charge is 0.341 e. The molecule has 11 heteroatoms. The molecule has 1 atom stereocenters. The van der Waals surface area contributed by atoms with E-state index in [-0.39, 0.29) is 18.2 Å². The molecule has 0 radical (unpaired) electrons. The second-order valence-electron chi connectivity index (χ2n) is 12.1. The first-order valence-electron chi connectivity index (χ1n) is 17.3. The fourth-order valence-electron chi connectivity index (χ4n) is 5.94. The molecule has 1 unspecified atom stereocenters. The Hall–Kier alpha value is -4.97. The predicted octanol–water partition coefficient (Wildman–Crippen LogP) is 9.53. The van der Waals surface area contributed by atoms with Crippen LogP contribution in [0.15, 0.2) is 113 Å². The molecule has 0 fully saturated rings. The molecule has 3 N–H and O–H groups in total. The van der Waals surface area contributed by atoms with Gasteiger partial charge in [0.25, 0.3) is 11.8 Å². The molecular weight excluding hydrogens is 711 g/mol. The lowest BCUT2D eigenvalue weighted by Crippen LogP contribution is -2.30. The molecule has 3 aromatic carbocycles. The van der Waals surface area contributed by atoms with Gasteiger partial charge in [-0.1, -0.05) is 73.5 Å². The maximum atomic E-state index is 14.2. The molecule has 0 bridgehead atoms. The molecule has 0 saturated carbocycles. The van der Waals surface area contributed by atoms with E-state index >= 15 is 0 Å². The molecule has 5 aromatic rings. The highest BCUT2D eigenvalue weighted by molar-refractivity contribution is 8.00. The SMILES string of the molecule is CCOC(=O)c1c(NC(=O)C(Sc2cccc(NC(=O)/C(=C/c3cccs3)NC(=O)c3ccccc3)c2)c2ccccc2)sc2c1CCCCCC2. The second-order valence-corrected chi connectivity index (χ2v) is 15.4. The number of carbonyl (C=O) groups excluding carboxylic acids is 4. The average Bonchev–Trinajstić information content (AvgIpc) is 3.78. The van der Waals surface area contributed by atoms with Crippen LogP contribution >= 0.6 is 34.4 Å². The van der Waals surface area contributed by atoms with E-state index in [1.165, 1.54) is 34.4 Å². The average molecular weight is 750 g/mol. The van der Waals surface area contributed by atoms with Gasteiger partial charge in [0.1, 0.15) is 15.9 Å². The van der Waals surface area contributed by atoms with E-state index in [4.69, 9.17) is 4.74 Å². The van der Waals surface area contributed by atoms with Crippen molar-refractivity contribution in [2.45, 2.75) is 55.6 Å². The summed E-state index contributed by atoms with van der Waals surface area (Å²) in [7, 11) is 0. The van der Waals surface area contributed by atoms with Gasteiger partial charge in [0, 0.05) is 25.9 Å². The van der Waals surface area contributed by atoms with E-state index in [2.05, 4.69) is 16.0 Å². The minimum atomic E-state index is -0.675. The molecule has 0 spiro atoms. The standard InChI is InChI=1S/C41H39N3O5S3/c1-2-49-41(48)35-32-22-11-3-4-12-23-34(32)52-40(35)44-39(47)36(27-15-7-5-8-16-27)51-31-20-13-19-29(25-31)42-38(46)33(26-30-21-14-24-50-30)43-37(45)28-17-9-6-10-18-28/h5-10,13-21,24-26,36H,2-4,11-12,22-23H2,1H3,(H,42,46)(H,43,45)(H,44,47)/b33-26-. The van der Waals surface area contributed by atoms with Crippen molar-refractivity contribution in [3.8, 4) is 0 Å². The van der Waals surface area contributed by atoms with Crippen LogP contribution in [0.1, 0.15) is 79.5 Å².